The lowest BCUT2D eigenvalue weighted by atomic mass is 10.2. The van der Waals surface area contributed by atoms with Gasteiger partial charge in [0.1, 0.15) is 24.7 Å². The van der Waals surface area contributed by atoms with E-state index in [1.165, 1.54) is 0 Å². The van der Waals surface area contributed by atoms with Crippen molar-refractivity contribution in [2.24, 2.45) is 5.10 Å². The third-order valence-electron chi connectivity index (χ3n) is 4.11. The molecule has 0 aliphatic carbocycles. The van der Waals surface area contributed by atoms with Crippen LogP contribution in [0, 0.1) is 0 Å². The van der Waals surface area contributed by atoms with Crippen molar-refractivity contribution in [2.75, 3.05) is 6.61 Å². The Hall–Kier alpha value is -2.90. The third-order valence-corrected chi connectivity index (χ3v) is 5.29. The average Bonchev–Trinajstić information content (AvgIpc) is 2.78. The number of halogens is 2. The van der Waals surface area contributed by atoms with Crippen molar-refractivity contribution in [2.45, 2.75) is 6.61 Å². The first-order chi connectivity index (χ1) is 15.1. The molecule has 3 aromatic carbocycles. The van der Waals surface area contributed by atoms with Crippen LogP contribution in [-0.4, -0.2) is 18.7 Å². The smallest absolute Gasteiger partial charge is 0.275 e. The Balaban J connectivity index is 1.66. The SMILES string of the molecule is C=CCOc1c(Br)cc(/C=N/NC(=O)c2ccccc2OCc2ccccc2)cc1Br. The van der Waals surface area contributed by atoms with Gasteiger partial charge >= 0.3 is 0 Å². The van der Waals surface area contributed by atoms with E-state index in [9.17, 15) is 4.79 Å². The van der Waals surface area contributed by atoms with Gasteiger partial charge in [0.15, 0.2) is 0 Å². The van der Waals surface area contributed by atoms with Gasteiger partial charge < -0.3 is 9.47 Å². The number of para-hydroxylation sites is 1. The summed E-state index contributed by atoms with van der Waals surface area (Å²) in [5.74, 6) is 0.808. The second-order valence-corrected chi connectivity index (χ2v) is 8.09. The molecule has 1 amide bonds. The Kier molecular flexibility index (Phi) is 8.44. The predicted molar refractivity (Wildman–Crippen MR) is 130 cm³/mol. The molecule has 0 aliphatic rings. The number of nitrogens with zero attached hydrogens (tertiary/aromatic N) is 1. The van der Waals surface area contributed by atoms with Crippen molar-refractivity contribution in [1.29, 1.82) is 0 Å². The molecular weight excluding hydrogens is 524 g/mol. The molecule has 158 valence electrons. The van der Waals surface area contributed by atoms with E-state index in [4.69, 9.17) is 9.47 Å². The maximum atomic E-state index is 12.6. The standard InChI is InChI=1S/C24H20Br2N2O3/c1-2-12-30-23-20(25)13-18(14-21(23)26)15-27-28-24(29)19-10-6-7-11-22(19)31-16-17-8-4-3-5-9-17/h2-11,13-15H,1,12,16H2,(H,28,29)/b27-15+. The highest BCUT2D eigenvalue weighted by atomic mass is 79.9. The zero-order chi connectivity index (χ0) is 22.1. The van der Waals surface area contributed by atoms with Crippen LogP contribution < -0.4 is 14.9 Å². The van der Waals surface area contributed by atoms with E-state index in [1.54, 1.807) is 30.5 Å². The molecule has 3 rings (SSSR count). The van der Waals surface area contributed by atoms with Crippen LogP contribution in [0.2, 0.25) is 0 Å². The van der Waals surface area contributed by atoms with Crippen molar-refractivity contribution in [3.05, 3.63) is 105 Å². The molecule has 0 saturated heterocycles. The summed E-state index contributed by atoms with van der Waals surface area (Å²) < 4.78 is 13.0. The first-order valence-electron chi connectivity index (χ1n) is 9.40. The monoisotopic (exact) mass is 542 g/mol. The van der Waals surface area contributed by atoms with Crippen molar-refractivity contribution < 1.29 is 14.3 Å². The van der Waals surface area contributed by atoms with Crippen LogP contribution in [0.1, 0.15) is 21.5 Å². The zero-order valence-corrected chi connectivity index (χ0v) is 19.7. The van der Waals surface area contributed by atoms with E-state index in [1.807, 2.05) is 48.5 Å². The Bertz CT molecular complexity index is 1060. The maximum Gasteiger partial charge on any atom is 0.275 e. The van der Waals surface area contributed by atoms with Crippen LogP contribution >= 0.6 is 31.9 Å². The summed E-state index contributed by atoms with van der Waals surface area (Å²) in [6, 6.07) is 20.5. The summed E-state index contributed by atoms with van der Waals surface area (Å²) in [5, 5.41) is 4.07. The zero-order valence-electron chi connectivity index (χ0n) is 16.6. The lowest BCUT2D eigenvalue weighted by Crippen LogP contribution is -2.18. The second-order valence-electron chi connectivity index (χ2n) is 6.38. The lowest BCUT2D eigenvalue weighted by molar-refractivity contribution is 0.0950. The summed E-state index contributed by atoms with van der Waals surface area (Å²) in [5.41, 5.74) is 4.75. The van der Waals surface area contributed by atoms with Crippen LogP contribution in [0.3, 0.4) is 0 Å². The Morgan fingerprint density at radius 3 is 2.39 bits per heavy atom. The number of benzene rings is 3. The minimum absolute atomic E-state index is 0.357. The fraction of sp³-hybridized carbons (Fsp3) is 0.0833. The first kappa shape index (κ1) is 22.8. The van der Waals surface area contributed by atoms with Gasteiger partial charge in [0.2, 0.25) is 0 Å². The van der Waals surface area contributed by atoms with Gasteiger partial charge in [-0.15, -0.1) is 0 Å². The molecule has 0 radical (unpaired) electrons. The molecule has 5 nitrogen and oxygen atoms in total. The molecule has 0 aromatic heterocycles. The fourth-order valence-electron chi connectivity index (χ4n) is 2.68. The third kappa shape index (κ3) is 6.54. The number of hydrogen-bond donors (Lipinski definition) is 1. The Morgan fingerprint density at radius 2 is 1.68 bits per heavy atom. The lowest BCUT2D eigenvalue weighted by Gasteiger charge is -2.11. The number of nitrogens with one attached hydrogen (secondary N) is 1. The summed E-state index contributed by atoms with van der Waals surface area (Å²) in [6.45, 7) is 4.41. The molecule has 0 unspecified atom stereocenters. The Labute approximate surface area is 198 Å². The number of amides is 1. The molecule has 0 atom stereocenters. The van der Waals surface area contributed by atoms with Crippen molar-refractivity contribution in [1.82, 2.24) is 5.43 Å². The summed E-state index contributed by atoms with van der Waals surface area (Å²) in [4.78, 5) is 12.6. The maximum absolute atomic E-state index is 12.6. The van der Waals surface area contributed by atoms with Gasteiger partial charge in [0.05, 0.1) is 20.7 Å². The van der Waals surface area contributed by atoms with E-state index in [-0.39, 0.29) is 5.91 Å². The van der Waals surface area contributed by atoms with E-state index in [0.29, 0.717) is 30.3 Å². The second kappa shape index (κ2) is 11.5. The first-order valence-corrected chi connectivity index (χ1v) is 11.0. The Morgan fingerprint density at radius 1 is 1.00 bits per heavy atom. The van der Waals surface area contributed by atoms with Crippen molar-refractivity contribution >= 4 is 44.0 Å². The van der Waals surface area contributed by atoms with Gasteiger partial charge in [0.25, 0.3) is 5.91 Å². The number of hydrazone groups is 1. The molecule has 7 heteroatoms. The molecule has 1 N–H and O–H groups in total. The summed E-state index contributed by atoms with van der Waals surface area (Å²) in [6.07, 6.45) is 3.23. The van der Waals surface area contributed by atoms with Gasteiger partial charge in [-0.25, -0.2) is 5.43 Å². The van der Waals surface area contributed by atoms with Crippen molar-refractivity contribution in [3.8, 4) is 11.5 Å². The van der Waals surface area contributed by atoms with Crippen LogP contribution in [0.4, 0.5) is 0 Å². The normalized spacial score (nSPS) is 10.6. The van der Waals surface area contributed by atoms with E-state index < -0.39 is 0 Å². The number of carbonyl (C=O) groups is 1. The molecule has 0 fully saturated rings. The highest BCUT2D eigenvalue weighted by Crippen LogP contribution is 2.34. The average molecular weight is 544 g/mol. The van der Waals surface area contributed by atoms with Gasteiger partial charge in [0, 0.05) is 0 Å². The fourth-order valence-corrected chi connectivity index (χ4v) is 4.13. The summed E-state index contributed by atoms with van der Waals surface area (Å²) >= 11 is 6.95. The van der Waals surface area contributed by atoms with E-state index >= 15 is 0 Å². The van der Waals surface area contributed by atoms with Crippen LogP contribution in [0.15, 0.2) is 93.4 Å². The quantitative estimate of drug-likeness (QED) is 0.201. The number of hydrogen-bond acceptors (Lipinski definition) is 4. The molecule has 31 heavy (non-hydrogen) atoms. The van der Waals surface area contributed by atoms with Gasteiger partial charge in [-0.3, -0.25) is 4.79 Å². The largest absolute Gasteiger partial charge is 0.488 e. The topological polar surface area (TPSA) is 59.9 Å². The molecule has 0 spiro atoms. The van der Waals surface area contributed by atoms with Crippen LogP contribution in [0.25, 0.3) is 0 Å². The minimum atomic E-state index is -0.357. The van der Waals surface area contributed by atoms with Crippen molar-refractivity contribution in [3.63, 3.8) is 0 Å². The highest BCUT2D eigenvalue weighted by Gasteiger charge is 2.12. The highest BCUT2D eigenvalue weighted by molar-refractivity contribution is 9.11. The van der Waals surface area contributed by atoms with E-state index in [0.717, 1.165) is 20.1 Å². The molecular formula is C24H20Br2N2O3. The minimum Gasteiger partial charge on any atom is -0.488 e. The number of carbonyl (C=O) groups excluding carboxylic acids is 1. The summed E-state index contributed by atoms with van der Waals surface area (Å²) in [7, 11) is 0. The number of rotatable bonds is 9. The molecule has 0 bridgehead atoms. The number of ether oxygens (including phenoxy) is 2. The van der Waals surface area contributed by atoms with Gasteiger partial charge in [-0.2, -0.15) is 5.10 Å². The molecule has 0 heterocycles. The van der Waals surface area contributed by atoms with Gasteiger partial charge in [-0.05, 0) is 67.3 Å². The molecule has 3 aromatic rings. The van der Waals surface area contributed by atoms with Crippen LogP contribution in [0.5, 0.6) is 11.5 Å². The van der Waals surface area contributed by atoms with Crippen LogP contribution in [-0.2, 0) is 6.61 Å². The predicted octanol–water partition coefficient (Wildman–Crippen LogP) is 6.12. The molecule has 0 aliphatic heterocycles. The van der Waals surface area contributed by atoms with Gasteiger partial charge in [-0.1, -0.05) is 55.1 Å². The van der Waals surface area contributed by atoms with E-state index in [2.05, 4.69) is 49.0 Å². The molecule has 0 saturated carbocycles.